The number of halogens is 1. The lowest BCUT2D eigenvalue weighted by atomic mass is 10.1. The van der Waals surface area contributed by atoms with Gasteiger partial charge in [0, 0.05) is 31.0 Å². The number of carbonyl (C=O) groups is 2. The van der Waals surface area contributed by atoms with Crippen LogP contribution in [0.15, 0.2) is 36.4 Å². The highest BCUT2D eigenvalue weighted by atomic mass is 35.5. The predicted molar refractivity (Wildman–Crippen MR) is 107 cm³/mol. The number of methoxy groups -OCH3 is 2. The number of amides is 2. The molecule has 0 aliphatic carbocycles. The van der Waals surface area contributed by atoms with Crippen molar-refractivity contribution in [1.29, 1.82) is 0 Å². The van der Waals surface area contributed by atoms with E-state index in [1.54, 1.807) is 30.3 Å². The summed E-state index contributed by atoms with van der Waals surface area (Å²) in [7, 11) is 3.05. The van der Waals surface area contributed by atoms with Crippen LogP contribution in [0.4, 0.5) is 11.4 Å². The highest BCUT2D eigenvalue weighted by molar-refractivity contribution is 6.31. The second-order valence-electron chi connectivity index (χ2n) is 5.94. The average Bonchev–Trinajstić information content (AvgIpc) is 2.64. The maximum Gasteiger partial charge on any atom is 0.226 e. The first kappa shape index (κ1) is 20.6. The van der Waals surface area contributed by atoms with Gasteiger partial charge in [0.25, 0.3) is 0 Å². The minimum atomic E-state index is -0.226. The number of ether oxygens (including phenoxy) is 2. The Morgan fingerprint density at radius 1 is 1.11 bits per heavy atom. The predicted octanol–water partition coefficient (Wildman–Crippen LogP) is 4.05. The van der Waals surface area contributed by atoms with Crippen LogP contribution in [0.2, 0.25) is 5.02 Å². The number of benzene rings is 2. The molecule has 0 unspecified atom stereocenters. The van der Waals surface area contributed by atoms with Crippen LogP contribution < -0.4 is 19.7 Å². The average molecular weight is 391 g/mol. The molecule has 0 heterocycles. The lowest BCUT2D eigenvalue weighted by Gasteiger charge is -2.24. The number of anilines is 2. The summed E-state index contributed by atoms with van der Waals surface area (Å²) in [4.78, 5) is 26.0. The van der Waals surface area contributed by atoms with Crippen LogP contribution >= 0.6 is 11.6 Å². The van der Waals surface area contributed by atoms with Gasteiger partial charge in [0.1, 0.15) is 11.5 Å². The fourth-order valence-electron chi connectivity index (χ4n) is 2.64. The van der Waals surface area contributed by atoms with E-state index in [0.717, 1.165) is 5.56 Å². The summed E-state index contributed by atoms with van der Waals surface area (Å²) in [5.41, 5.74) is 1.98. The Bertz CT molecular complexity index is 839. The van der Waals surface area contributed by atoms with E-state index < -0.39 is 0 Å². The standard InChI is InChI=1S/C20H23ClN2O4/c1-13-11-17(19(27-4)12-15(13)21)23(14(2)24)10-9-20(25)22-16-7-5-6-8-18(16)26-3/h5-8,11-12H,9-10H2,1-4H3,(H,22,25). The Balaban J connectivity index is 2.15. The third-order valence-corrected chi connectivity index (χ3v) is 4.48. The molecule has 0 aromatic heterocycles. The van der Waals surface area contributed by atoms with Gasteiger partial charge in [-0.25, -0.2) is 0 Å². The number of nitrogens with one attached hydrogen (secondary N) is 1. The summed E-state index contributed by atoms with van der Waals surface area (Å²) in [5.74, 6) is 0.630. The number of para-hydroxylation sites is 2. The van der Waals surface area contributed by atoms with Crippen molar-refractivity contribution in [2.75, 3.05) is 31.0 Å². The second kappa shape index (κ2) is 9.28. The molecule has 0 saturated carbocycles. The molecule has 2 rings (SSSR count). The van der Waals surface area contributed by atoms with Crippen LogP contribution in [0.5, 0.6) is 11.5 Å². The Morgan fingerprint density at radius 3 is 2.41 bits per heavy atom. The fourth-order valence-corrected chi connectivity index (χ4v) is 2.80. The van der Waals surface area contributed by atoms with E-state index in [2.05, 4.69) is 5.32 Å². The zero-order valence-electron chi connectivity index (χ0n) is 15.8. The van der Waals surface area contributed by atoms with Gasteiger partial charge in [-0.2, -0.15) is 0 Å². The van der Waals surface area contributed by atoms with Crippen LogP contribution in [0, 0.1) is 6.92 Å². The van der Waals surface area contributed by atoms with E-state index in [-0.39, 0.29) is 24.8 Å². The minimum absolute atomic E-state index is 0.114. The monoisotopic (exact) mass is 390 g/mol. The fraction of sp³-hybridized carbons (Fsp3) is 0.300. The first-order valence-electron chi connectivity index (χ1n) is 8.42. The maximum absolute atomic E-state index is 12.4. The number of aryl methyl sites for hydroxylation is 1. The first-order valence-corrected chi connectivity index (χ1v) is 8.80. The molecule has 1 N–H and O–H groups in total. The molecule has 0 aliphatic rings. The molecule has 2 aromatic rings. The van der Waals surface area contributed by atoms with E-state index in [1.165, 1.54) is 26.0 Å². The summed E-state index contributed by atoms with van der Waals surface area (Å²) in [6.07, 6.45) is 0.114. The molecule has 6 nitrogen and oxygen atoms in total. The largest absolute Gasteiger partial charge is 0.495 e. The van der Waals surface area contributed by atoms with Gasteiger partial charge >= 0.3 is 0 Å². The Hall–Kier alpha value is -2.73. The summed E-state index contributed by atoms with van der Waals surface area (Å²) >= 11 is 6.14. The molecule has 144 valence electrons. The Kier molecular flexibility index (Phi) is 7.07. The summed E-state index contributed by atoms with van der Waals surface area (Å²) in [6, 6.07) is 10.6. The van der Waals surface area contributed by atoms with Crippen molar-refractivity contribution in [3.63, 3.8) is 0 Å². The van der Waals surface area contributed by atoms with Crippen molar-refractivity contribution in [2.45, 2.75) is 20.3 Å². The zero-order chi connectivity index (χ0) is 20.0. The molecule has 0 spiro atoms. The SMILES string of the molecule is COc1ccccc1NC(=O)CCN(C(C)=O)c1cc(C)c(Cl)cc1OC. The molecule has 2 amide bonds. The molecule has 0 aliphatic heterocycles. The number of nitrogens with zero attached hydrogens (tertiary/aromatic N) is 1. The van der Waals surface area contributed by atoms with Crippen molar-refractivity contribution in [3.8, 4) is 11.5 Å². The number of hydrogen-bond acceptors (Lipinski definition) is 4. The topological polar surface area (TPSA) is 67.9 Å². The Labute approximate surface area is 164 Å². The lowest BCUT2D eigenvalue weighted by Crippen LogP contribution is -2.32. The molecule has 0 radical (unpaired) electrons. The van der Waals surface area contributed by atoms with Gasteiger partial charge in [0.2, 0.25) is 11.8 Å². The van der Waals surface area contributed by atoms with Gasteiger partial charge < -0.3 is 19.7 Å². The highest BCUT2D eigenvalue weighted by Gasteiger charge is 2.19. The van der Waals surface area contributed by atoms with Crippen LogP contribution in [-0.2, 0) is 9.59 Å². The molecule has 0 fully saturated rings. The van der Waals surface area contributed by atoms with E-state index in [4.69, 9.17) is 21.1 Å². The van der Waals surface area contributed by atoms with Crippen molar-refractivity contribution in [3.05, 3.63) is 47.0 Å². The van der Waals surface area contributed by atoms with Gasteiger partial charge in [-0.05, 0) is 30.7 Å². The molecule has 0 bridgehead atoms. The van der Waals surface area contributed by atoms with Crippen molar-refractivity contribution < 1.29 is 19.1 Å². The first-order chi connectivity index (χ1) is 12.9. The smallest absolute Gasteiger partial charge is 0.226 e. The molecule has 27 heavy (non-hydrogen) atoms. The van der Waals surface area contributed by atoms with Gasteiger partial charge in [-0.1, -0.05) is 23.7 Å². The summed E-state index contributed by atoms with van der Waals surface area (Å²) < 4.78 is 10.6. The third kappa shape index (κ3) is 5.14. The molecular weight excluding hydrogens is 368 g/mol. The van der Waals surface area contributed by atoms with E-state index in [9.17, 15) is 9.59 Å². The normalized spacial score (nSPS) is 10.3. The molecule has 2 aromatic carbocycles. The number of hydrogen-bond donors (Lipinski definition) is 1. The van der Waals surface area contributed by atoms with Gasteiger partial charge in [0.05, 0.1) is 25.6 Å². The summed E-state index contributed by atoms with van der Waals surface area (Å²) in [6.45, 7) is 3.49. The van der Waals surface area contributed by atoms with Crippen LogP contribution in [0.3, 0.4) is 0 Å². The molecule has 7 heteroatoms. The van der Waals surface area contributed by atoms with Gasteiger partial charge in [0.15, 0.2) is 0 Å². The second-order valence-corrected chi connectivity index (χ2v) is 6.35. The van der Waals surface area contributed by atoms with E-state index in [1.807, 2.05) is 13.0 Å². The summed E-state index contributed by atoms with van der Waals surface area (Å²) in [5, 5.41) is 3.35. The van der Waals surface area contributed by atoms with Crippen molar-refractivity contribution >= 4 is 34.8 Å². The van der Waals surface area contributed by atoms with Crippen molar-refractivity contribution in [1.82, 2.24) is 0 Å². The quantitative estimate of drug-likeness (QED) is 0.774. The number of rotatable bonds is 7. The van der Waals surface area contributed by atoms with Gasteiger partial charge in [-0.15, -0.1) is 0 Å². The van der Waals surface area contributed by atoms with E-state index >= 15 is 0 Å². The zero-order valence-corrected chi connectivity index (χ0v) is 16.6. The minimum Gasteiger partial charge on any atom is -0.495 e. The maximum atomic E-state index is 12.4. The number of carbonyl (C=O) groups excluding carboxylic acids is 2. The molecule has 0 atom stereocenters. The van der Waals surface area contributed by atoms with Gasteiger partial charge in [-0.3, -0.25) is 9.59 Å². The van der Waals surface area contributed by atoms with Crippen LogP contribution in [0.1, 0.15) is 18.9 Å². The highest BCUT2D eigenvalue weighted by Crippen LogP contribution is 2.34. The molecular formula is C20H23ClN2O4. The molecule has 0 saturated heterocycles. The van der Waals surface area contributed by atoms with Crippen LogP contribution in [0.25, 0.3) is 0 Å². The van der Waals surface area contributed by atoms with E-state index in [0.29, 0.717) is 27.9 Å². The lowest BCUT2D eigenvalue weighted by molar-refractivity contribution is -0.117. The Morgan fingerprint density at radius 2 is 1.78 bits per heavy atom. The van der Waals surface area contributed by atoms with Crippen molar-refractivity contribution in [2.24, 2.45) is 0 Å². The third-order valence-electron chi connectivity index (χ3n) is 4.07. The van der Waals surface area contributed by atoms with Crippen LogP contribution in [-0.4, -0.2) is 32.6 Å².